The van der Waals surface area contributed by atoms with Crippen molar-refractivity contribution in [3.05, 3.63) is 84.6 Å². The lowest BCUT2D eigenvalue weighted by Crippen LogP contribution is -2.43. The van der Waals surface area contributed by atoms with E-state index >= 15 is 0 Å². The molecule has 1 aliphatic heterocycles. The minimum atomic E-state index is -1.15. The highest BCUT2D eigenvalue weighted by Crippen LogP contribution is 2.41. The van der Waals surface area contributed by atoms with Crippen LogP contribution in [0.1, 0.15) is 12.5 Å². The van der Waals surface area contributed by atoms with Gasteiger partial charge in [-0.1, -0.05) is 24.3 Å². The van der Waals surface area contributed by atoms with Gasteiger partial charge in [-0.2, -0.15) is 4.90 Å². The number of rotatable bonds is 4. The van der Waals surface area contributed by atoms with Gasteiger partial charge in [-0.3, -0.25) is 0 Å². The summed E-state index contributed by atoms with van der Waals surface area (Å²) in [6, 6.07) is 23.7. The van der Waals surface area contributed by atoms with Crippen LogP contribution in [0.2, 0.25) is 0 Å². The maximum Gasteiger partial charge on any atom is 0.284 e. The summed E-state index contributed by atoms with van der Waals surface area (Å²) in [5, 5.41) is 11.7. The summed E-state index contributed by atoms with van der Waals surface area (Å²) in [5.41, 5.74) is 0.639. The molecule has 5 heteroatoms. The Bertz CT molecular complexity index is 871. The quantitative estimate of drug-likeness (QED) is 0.657. The van der Waals surface area contributed by atoms with E-state index in [9.17, 15) is 5.11 Å². The Labute approximate surface area is 164 Å². The van der Waals surface area contributed by atoms with Crippen molar-refractivity contribution in [3.8, 4) is 5.75 Å². The summed E-state index contributed by atoms with van der Waals surface area (Å²) >= 11 is 0. The molecule has 3 aromatic rings. The molecular weight excluding hydrogens is 392 g/mol. The average Bonchev–Trinajstić information content (AvgIpc) is 2.96. The molecule has 4 nitrogen and oxygen atoms in total. The van der Waals surface area contributed by atoms with Gasteiger partial charge in [0.25, 0.3) is 11.5 Å². The summed E-state index contributed by atoms with van der Waals surface area (Å²) in [6.45, 7) is 3.05. The first-order valence-electron chi connectivity index (χ1n) is 8.52. The Balaban J connectivity index is 0.00000196. The van der Waals surface area contributed by atoms with Gasteiger partial charge >= 0.3 is 0 Å². The third kappa shape index (κ3) is 3.08. The van der Waals surface area contributed by atoms with Crippen molar-refractivity contribution in [3.63, 3.8) is 0 Å². The van der Waals surface area contributed by atoms with Crippen LogP contribution in [0, 0.1) is 0 Å². The van der Waals surface area contributed by atoms with E-state index in [1.54, 1.807) is 0 Å². The lowest BCUT2D eigenvalue weighted by Gasteiger charge is -2.27. The number of anilines is 2. The lowest BCUT2D eigenvalue weighted by atomic mass is 10.0. The van der Waals surface area contributed by atoms with Crippen LogP contribution in [0.15, 0.2) is 79.0 Å². The molecule has 26 heavy (non-hydrogen) atoms. The number of aliphatic hydroxyl groups is 1. The van der Waals surface area contributed by atoms with Crippen LogP contribution in [0.25, 0.3) is 0 Å². The van der Waals surface area contributed by atoms with E-state index in [0.717, 1.165) is 22.8 Å². The maximum atomic E-state index is 11.7. The molecule has 4 rings (SSSR count). The first-order chi connectivity index (χ1) is 12.2. The molecule has 2 heterocycles. The molecule has 1 N–H and O–H groups in total. The fourth-order valence-corrected chi connectivity index (χ4v) is 3.43. The van der Waals surface area contributed by atoms with Crippen molar-refractivity contribution in [1.82, 2.24) is 0 Å². The van der Waals surface area contributed by atoms with Gasteiger partial charge in [0, 0.05) is 11.6 Å². The number of para-hydroxylation sites is 1. The number of fused-ring (bicyclic) bond motifs is 1. The molecular formula is C21H22BrN2O2+. The van der Waals surface area contributed by atoms with Crippen LogP contribution in [0.4, 0.5) is 11.5 Å². The number of pyridine rings is 1. The Morgan fingerprint density at radius 1 is 1.00 bits per heavy atom. The lowest BCUT2D eigenvalue weighted by molar-refractivity contribution is -0.683. The van der Waals surface area contributed by atoms with Crippen LogP contribution in [0.5, 0.6) is 5.75 Å². The standard InChI is InChI=1S/C21H21N2O2.BrH/c1-2-25-19-13-11-17(12-14-19)21(24)16-22-15-7-6-10-20(22)23(21)18-8-4-3-5-9-18;/h3-15,24H,2,16H2,1H3;1H/q+1;. The third-order valence-corrected chi connectivity index (χ3v) is 4.55. The number of nitrogens with zero attached hydrogens (tertiary/aromatic N) is 2. The molecule has 0 bridgehead atoms. The van der Waals surface area contributed by atoms with Crippen LogP contribution in [-0.2, 0) is 12.3 Å². The summed E-state index contributed by atoms with van der Waals surface area (Å²) in [6.07, 6.45) is 2.00. The molecule has 0 radical (unpaired) electrons. The predicted molar refractivity (Wildman–Crippen MR) is 107 cm³/mol. The average molecular weight is 414 g/mol. The maximum absolute atomic E-state index is 11.7. The zero-order valence-corrected chi connectivity index (χ0v) is 16.3. The van der Waals surface area contributed by atoms with Crippen molar-refractivity contribution >= 4 is 28.5 Å². The third-order valence-electron chi connectivity index (χ3n) is 4.55. The van der Waals surface area contributed by atoms with E-state index in [-0.39, 0.29) is 17.0 Å². The zero-order valence-electron chi connectivity index (χ0n) is 14.6. The highest BCUT2D eigenvalue weighted by Gasteiger charge is 2.52. The number of hydrogen-bond acceptors (Lipinski definition) is 3. The van der Waals surface area contributed by atoms with E-state index in [1.165, 1.54) is 0 Å². The molecule has 134 valence electrons. The van der Waals surface area contributed by atoms with Crippen molar-refractivity contribution in [1.29, 1.82) is 0 Å². The van der Waals surface area contributed by atoms with Crippen LogP contribution >= 0.6 is 17.0 Å². The largest absolute Gasteiger partial charge is 0.494 e. The van der Waals surface area contributed by atoms with Crippen LogP contribution in [0.3, 0.4) is 0 Å². The Kier molecular flexibility index (Phi) is 5.30. The Morgan fingerprint density at radius 2 is 1.69 bits per heavy atom. The van der Waals surface area contributed by atoms with Gasteiger partial charge in [0.05, 0.1) is 12.8 Å². The first kappa shape index (κ1) is 18.4. The minimum Gasteiger partial charge on any atom is -0.494 e. The second-order valence-electron chi connectivity index (χ2n) is 6.13. The molecule has 0 aliphatic carbocycles. The molecule has 1 aliphatic rings. The van der Waals surface area contributed by atoms with Crippen molar-refractivity contribution in [2.45, 2.75) is 19.2 Å². The van der Waals surface area contributed by atoms with Gasteiger partial charge in [0.15, 0.2) is 6.54 Å². The van der Waals surface area contributed by atoms with E-state index in [4.69, 9.17) is 4.74 Å². The summed E-state index contributed by atoms with van der Waals surface area (Å²) < 4.78 is 7.60. The summed E-state index contributed by atoms with van der Waals surface area (Å²) in [4.78, 5) is 1.99. The molecule has 0 fully saturated rings. The van der Waals surface area contributed by atoms with Gasteiger partial charge in [-0.05, 0) is 49.4 Å². The topological polar surface area (TPSA) is 36.6 Å². The number of hydrogen-bond donors (Lipinski definition) is 1. The molecule has 0 saturated heterocycles. The molecule has 0 amide bonds. The number of benzene rings is 2. The van der Waals surface area contributed by atoms with E-state index in [2.05, 4.69) is 4.57 Å². The smallest absolute Gasteiger partial charge is 0.284 e. The molecule has 0 saturated carbocycles. The van der Waals surface area contributed by atoms with Gasteiger partial charge in [-0.25, -0.2) is 4.57 Å². The fraction of sp³-hybridized carbons (Fsp3) is 0.190. The molecule has 1 aromatic heterocycles. The van der Waals surface area contributed by atoms with Gasteiger partial charge in [0.2, 0.25) is 0 Å². The highest BCUT2D eigenvalue weighted by atomic mass is 79.9. The SMILES string of the molecule is Br.CCOc1ccc(C2(O)C[n+]3ccccc3N2c2ccccc2)cc1. The Hall–Kier alpha value is -2.37. The van der Waals surface area contributed by atoms with Crippen molar-refractivity contribution in [2.75, 3.05) is 11.5 Å². The summed E-state index contributed by atoms with van der Waals surface area (Å²) in [7, 11) is 0. The molecule has 0 spiro atoms. The first-order valence-corrected chi connectivity index (χ1v) is 8.52. The second-order valence-corrected chi connectivity index (χ2v) is 6.13. The van der Waals surface area contributed by atoms with Gasteiger partial charge in [0.1, 0.15) is 11.4 Å². The van der Waals surface area contributed by atoms with E-state index < -0.39 is 5.72 Å². The van der Waals surface area contributed by atoms with Crippen molar-refractivity contribution < 1.29 is 14.4 Å². The van der Waals surface area contributed by atoms with Gasteiger partial charge in [-0.15, -0.1) is 17.0 Å². The summed E-state index contributed by atoms with van der Waals surface area (Å²) in [5.74, 6) is 1.77. The number of aromatic nitrogens is 1. The van der Waals surface area contributed by atoms with Crippen LogP contribution < -0.4 is 14.2 Å². The normalized spacial score (nSPS) is 18.2. The Morgan fingerprint density at radius 3 is 2.38 bits per heavy atom. The monoisotopic (exact) mass is 413 g/mol. The number of ether oxygens (including phenoxy) is 1. The molecule has 2 aromatic carbocycles. The zero-order chi connectivity index (χ0) is 17.3. The fourth-order valence-electron chi connectivity index (χ4n) is 3.43. The highest BCUT2D eigenvalue weighted by molar-refractivity contribution is 8.93. The molecule has 1 unspecified atom stereocenters. The van der Waals surface area contributed by atoms with Gasteiger partial charge < -0.3 is 9.84 Å². The van der Waals surface area contributed by atoms with Crippen molar-refractivity contribution in [2.24, 2.45) is 0 Å². The minimum absolute atomic E-state index is 0. The number of halogens is 1. The van der Waals surface area contributed by atoms with E-state index in [0.29, 0.717) is 13.2 Å². The van der Waals surface area contributed by atoms with E-state index in [1.807, 2.05) is 90.8 Å². The van der Waals surface area contributed by atoms with Crippen LogP contribution in [-0.4, -0.2) is 11.7 Å². The molecule has 1 atom stereocenters. The second kappa shape index (κ2) is 7.48. The predicted octanol–water partition coefficient (Wildman–Crippen LogP) is 3.95.